The van der Waals surface area contributed by atoms with Crippen molar-refractivity contribution in [2.75, 3.05) is 0 Å². The van der Waals surface area contributed by atoms with Crippen molar-refractivity contribution in [1.82, 2.24) is 14.8 Å². The van der Waals surface area contributed by atoms with Gasteiger partial charge in [-0.25, -0.2) is 9.67 Å². The van der Waals surface area contributed by atoms with Crippen LogP contribution in [0.25, 0.3) is 0 Å². The summed E-state index contributed by atoms with van der Waals surface area (Å²) in [6, 6.07) is 3.55. The SMILES string of the molecule is O=C1C=CC(Oc2ccc(C(O)(Cn3cncn3)C3CC3)c(C(F)(F)F)c2)C=C1. The van der Waals surface area contributed by atoms with Gasteiger partial charge in [-0.2, -0.15) is 18.3 Å². The fourth-order valence-corrected chi connectivity index (χ4v) is 3.50. The molecule has 6 nitrogen and oxygen atoms in total. The number of rotatable bonds is 6. The number of hydrogen-bond donors (Lipinski definition) is 1. The number of allylic oxidation sites excluding steroid dienone is 2. The lowest BCUT2D eigenvalue weighted by Crippen LogP contribution is -2.36. The van der Waals surface area contributed by atoms with Crippen LogP contribution in [0.1, 0.15) is 24.0 Å². The number of alkyl halides is 3. The number of halogens is 3. The Balaban J connectivity index is 1.69. The molecule has 1 aromatic carbocycles. The zero-order valence-electron chi connectivity index (χ0n) is 15.2. The minimum atomic E-state index is -4.69. The Morgan fingerprint density at radius 3 is 2.48 bits per heavy atom. The monoisotopic (exact) mass is 405 g/mol. The summed E-state index contributed by atoms with van der Waals surface area (Å²) in [6.45, 7) is -0.128. The van der Waals surface area contributed by atoms with Gasteiger partial charge in [0.05, 0.1) is 12.1 Å². The largest absolute Gasteiger partial charge is 0.482 e. The molecule has 2 aliphatic rings. The smallest absolute Gasteiger partial charge is 0.416 e. The van der Waals surface area contributed by atoms with Crippen LogP contribution in [0.3, 0.4) is 0 Å². The molecule has 1 unspecified atom stereocenters. The molecule has 9 heteroatoms. The van der Waals surface area contributed by atoms with Crippen molar-refractivity contribution in [3.05, 3.63) is 66.3 Å². The third-order valence-electron chi connectivity index (χ3n) is 5.06. The maximum Gasteiger partial charge on any atom is 0.416 e. The number of ketones is 1. The van der Waals surface area contributed by atoms with Gasteiger partial charge in [0.2, 0.25) is 0 Å². The molecule has 1 heterocycles. The predicted molar refractivity (Wildman–Crippen MR) is 95.8 cm³/mol. The first-order chi connectivity index (χ1) is 13.8. The van der Waals surface area contributed by atoms with E-state index < -0.39 is 23.4 Å². The van der Waals surface area contributed by atoms with E-state index >= 15 is 0 Å². The highest BCUT2D eigenvalue weighted by Gasteiger charge is 2.50. The average Bonchev–Trinajstić information content (AvgIpc) is 3.42. The van der Waals surface area contributed by atoms with Crippen LogP contribution in [-0.2, 0) is 23.1 Å². The highest BCUT2D eigenvalue weighted by atomic mass is 19.4. The summed E-state index contributed by atoms with van der Waals surface area (Å²) < 4.78 is 48.5. The molecular weight excluding hydrogens is 387 g/mol. The van der Waals surface area contributed by atoms with Crippen LogP contribution in [0.2, 0.25) is 0 Å². The van der Waals surface area contributed by atoms with Crippen LogP contribution in [0.5, 0.6) is 5.75 Å². The zero-order valence-corrected chi connectivity index (χ0v) is 15.2. The fourth-order valence-electron chi connectivity index (χ4n) is 3.50. The average molecular weight is 405 g/mol. The molecule has 29 heavy (non-hydrogen) atoms. The zero-order chi connectivity index (χ0) is 20.6. The van der Waals surface area contributed by atoms with E-state index in [1.807, 2.05) is 0 Å². The molecule has 0 spiro atoms. The quantitative estimate of drug-likeness (QED) is 0.800. The number of ether oxygens (including phenoxy) is 1. The van der Waals surface area contributed by atoms with Gasteiger partial charge in [-0.15, -0.1) is 0 Å². The second kappa shape index (κ2) is 7.14. The van der Waals surface area contributed by atoms with E-state index in [-0.39, 0.29) is 29.6 Å². The summed E-state index contributed by atoms with van der Waals surface area (Å²) in [7, 11) is 0. The maximum absolute atomic E-state index is 13.9. The Morgan fingerprint density at radius 2 is 1.90 bits per heavy atom. The molecule has 4 rings (SSSR count). The summed E-state index contributed by atoms with van der Waals surface area (Å²) in [5, 5.41) is 15.2. The lowest BCUT2D eigenvalue weighted by molar-refractivity contribution is -0.141. The second-order valence-electron chi connectivity index (χ2n) is 7.20. The van der Waals surface area contributed by atoms with E-state index in [1.54, 1.807) is 0 Å². The third-order valence-corrected chi connectivity index (χ3v) is 5.06. The number of nitrogens with zero attached hydrogens (tertiary/aromatic N) is 3. The normalized spacial score (nSPS) is 19.4. The van der Waals surface area contributed by atoms with Gasteiger partial charge in [0.1, 0.15) is 30.1 Å². The van der Waals surface area contributed by atoms with Crippen LogP contribution in [0.15, 0.2) is 55.2 Å². The first kappa shape index (κ1) is 19.4. The number of aliphatic hydroxyl groups is 1. The minimum Gasteiger partial charge on any atom is -0.482 e. The van der Waals surface area contributed by atoms with Crippen molar-refractivity contribution in [2.45, 2.75) is 37.3 Å². The Morgan fingerprint density at radius 1 is 1.17 bits per heavy atom. The molecule has 2 aliphatic carbocycles. The number of benzene rings is 1. The van der Waals surface area contributed by atoms with Gasteiger partial charge in [-0.3, -0.25) is 4.79 Å². The topological polar surface area (TPSA) is 77.2 Å². The van der Waals surface area contributed by atoms with Gasteiger partial charge in [-0.1, -0.05) is 6.07 Å². The van der Waals surface area contributed by atoms with Gasteiger partial charge in [0, 0.05) is 0 Å². The highest BCUT2D eigenvalue weighted by Crippen LogP contribution is 2.50. The predicted octanol–water partition coefficient (Wildman–Crippen LogP) is 3.04. The van der Waals surface area contributed by atoms with E-state index in [0.29, 0.717) is 12.8 Å². The Kier molecular flexibility index (Phi) is 4.77. The van der Waals surface area contributed by atoms with Gasteiger partial charge in [0.15, 0.2) is 5.78 Å². The first-order valence-corrected chi connectivity index (χ1v) is 9.09. The van der Waals surface area contributed by atoms with E-state index in [9.17, 15) is 23.1 Å². The van der Waals surface area contributed by atoms with E-state index in [1.165, 1.54) is 53.8 Å². The lowest BCUT2D eigenvalue weighted by Gasteiger charge is -2.31. The van der Waals surface area contributed by atoms with Crippen molar-refractivity contribution in [1.29, 1.82) is 0 Å². The van der Waals surface area contributed by atoms with Crippen LogP contribution in [0, 0.1) is 5.92 Å². The van der Waals surface area contributed by atoms with Crippen LogP contribution in [-0.4, -0.2) is 31.8 Å². The molecule has 0 aliphatic heterocycles. The summed E-state index contributed by atoms with van der Waals surface area (Å²) in [5.41, 5.74) is -2.89. The number of carbonyl (C=O) groups is 1. The molecular formula is C20H18F3N3O3. The Hall–Kier alpha value is -2.94. The molecule has 2 aromatic rings. The Bertz CT molecular complexity index is 949. The van der Waals surface area contributed by atoms with E-state index in [0.717, 1.165) is 6.07 Å². The molecule has 1 saturated carbocycles. The van der Waals surface area contributed by atoms with Crippen LogP contribution in [0.4, 0.5) is 13.2 Å². The molecule has 1 N–H and O–H groups in total. The summed E-state index contributed by atoms with van der Waals surface area (Å²) in [4.78, 5) is 15.0. The molecule has 152 valence electrons. The molecule has 0 saturated heterocycles. The molecule has 0 amide bonds. The van der Waals surface area contributed by atoms with Crippen molar-refractivity contribution < 1.29 is 27.8 Å². The summed E-state index contributed by atoms with van der Waals surface area (Å²) >= 11 is 0. The van der Waals surface area contributed by atoms with Gasteiger partial charge in [0.25, 0.3) is 0 Å². The van der Waals surface area contributed by atoms with E-state index in [2.05, 4.69) is 10.1 Å². The lowest BCUT2D eigenvalue weighted by atomic mass is 9.85. The highest BCUT2D eigenvalue weighted by molar-refractivity contribution is 6.00. The van der Waals surface area contributed by atoms with Crippen LogP contribution >= 0.6 is 0 Å². The van der Waals surface area contributed by atoms with Gasteiger partial charge < -0.3 is 9.84 Å². The summed E-state index contributed by atoms with van der Waals surface area (Å²) in [6.07, 6.45) is 4.10. The molecule has 1 atom stereocenters. The van der Waals surface area contributed by atoms with Crippen molar-refractivity contribution in [3.8, 4) is 5.75 Å². The summed E-state index contributed by atoms with van der Waals surface area (Å²) in [5.74, 6) is -0.512. The second-order valence-corrected chi connectivity index (χ2v) is 7.20. The molecule has 0 radical (unpaired) electrons. The third kappa shape index (κ3) is 4.09. The Labute approximate surface area is 164 Å². The number of aromatic nitrogens is 3. The molecule has 1 fully saturated rings. The fraction of sp³-hybridized carbons (Fsp3) is 0.350. The van der Waals surface area contributed by atoms with Crippen molar-refractivity contribution in [3.63, 3.8) is 0 Å². The van der Waals surface area contributed by atoms with Crippen LogP contribution < -0.4 is 4.74 Å². The van der Waals surface area contributed by atoms with Gasteiger partial charge in [-0.05, 0) is 60.8 Å². The molecule has 1 aromatic heterocycles. The van der Waals surface area contributed by atoms with E-state index in [4.69, 9.17) is 4.74 Å². The molecule has 0 bridgehead atoms. The first-order valence-electron chi connectivity index (χ1n) is 9.09. The minimum absolute atomic E-state index is 0.00590. The van der Waals surface area contributed by atoms with Crippen molar-refractivity contribution in [2.24, 2.45) is 5.92 Å². The standard InChI is InChI=1S/C20H18F3N3O3/c21-20(22,23)18-9-16(29-15-5-3-14(27)4-6-15)7-8-17(18)19(28,13-1-2-13)10-26-12-24-11-25-26/h3-9,11-13,15,28H,1-2,10H2. The van der Waals surface area contributed by atoms with Gasteiger partial charge >= 0.3 is 6.18 Å². The number of hydrogen-bond acceptors (Lipinski definition) is 5. The number of carbonyl (C=O) groups excluding carboxylic acids is 1. The van der Waals surface area contributed by atoms with Crippen molar-refractivity contribution >= 4 is 5.78 Å². The maximum atomic E-state index is 13.9.